The zero-order valence-corrected chi connectivity index (χ0v) is 28.5. The van der Waals surface area contributed by atoms with Crippen molar-refractivity contribution in [2.24, 2.45) is 0 Å². The molecule has 0 nitrogen and oxygen atoms in total. The molecule has 6 aromatic rings. The van der Waals surface area contributed by atoms with Gasteiger partial charge in [0.1, 0.15) is 0 Å². The predicted molar refractivity (Wildman–Crippen MR) is 198 cm³/mol. The zero-order chi connectivity index (χ0) is 32.4. The molecule has 0 bridgehead atoms. The van der Waals surface area contributed by atoms with Crippen LogP contribution < -0.4 is 0 Å². The Balaban J connectivity index is 1.57. The highest BCUT2D eigenvalue weighted by Crippen LogP contribution is 2.55. The van der Waals surface area contributed by atoms with Crippen LogP contribution in [-0.4, -0.2) is 0 Å². The first-order valence-corrected chi connectivity index (χ1v) is 16.6. The van der Waals surface area contributed by atoms with Crippen molar-refractivity contribution in [3.63, 3.8) is 0 Å². The molecule has 0 aliphatic heterocycles. The maximum Gasteiger partial charge on any atom is 0.0153 e. The van der Waals surface area contributed by atoms with Gasteiger partial charge < -0.3 is 0 Å². The van der Waals surface area contributed by atoms with E-state index in [0.717, 1.165) is 0 Å². The molecule has 6 aromatic carbocycles. The highest BCUT2D eigenvalue weighted by atomic mass is 14.5. The molecule has 0 unspecified atom stereocenters. The van der Waals surface area contributed by atoms with E-state index in [1.807, 2.05) is 0 Å². The largest absolute Gasteiger partial charge is 0.0620 e. The Labute approximate surface area is 275 Å². The monoisotopic (exact) mass is 596 g/mol. The second-order valence-electron chi connectivity index (χ2n) is 14.4. The molecule has 0 saturated heterocycles. The van der Waals surface area contributed by atoms with Gasteiger partial charge in [-0.15, -0.1) is 0 Å². The molecule has 0 spiro atoms. The third kappa shape index (κ3) is 4.66. The Morgan fingerprint density at radius 1 is 0.283 bits per heavy atom. The Morgan fingerprint density at radius 3 is 0.674 bits per heavy atom. The number of fused-ring (bicyclic) bond motifs is 2. The van der Waals surface area contributed by atoms with Crippen molar-refractivity contribution in [2.45, 2.75) is 66.2 Å². The molecule has 0 fully saturated rings. The fourth-order valence-corrected chi connectivity index (χ4v) is 7.95. The second kappa shape index (κ2) is 11.0. The van der Waals surface area contributed by atoms with Crippen molar-refractivity contribution in [1.29, 1.82) is 0 Å². The van der Waals surface area contributed by atoms with Gasteiger partial charge in [0, 0.05) is 10.8 Å². The summed E-state index contributed by atoms with van der Waals surface area (Å²) in [6.07, 6.45) is 0. The Bertz CT molecular complexity index is 1830. The fourth-order valence-electron chi connectivity index (χ4n) is 7.95. The molecule has 0 heterocycles. The number of hydrogen-bond acceptors (Lipinski definition) is 0. The van der Waals surface area contributed by atoms with Crippen molar-refractivity contribution in [2.75, 3.05) is 0 Å². The topological polar surface area (TPSA) is 0 Å². The van der Waals surface area contributed by atoms with Gasteiger partial charge in [-0.1, -0.05) is 125 Å². The van der Waals surface area contributed by atoms with Crippen molar-refractivity contribution in [3.8, 4) is 44.5 Å². The first-order chi connectivity index (χ1) is 22.0. The summed E-state index contributed by atoms with van der Waals surface area (Å²) in [5, 5.41) is 0. The van der Waals surface area contributed by atoms with Gasteiger partial charge in [0.2, 0.25) is 0 Å². The zero-order valence-electron chi connectivity index (χ0n) is 28.5. The smallest absolute Gasteiger partial charge is 0.0153 e. The van der Waals surface area contributed by atoms with Crippen molar-refractivity contribution in [3.05, 3.63) is 166 Å². The highest BCUT2D eigenvalue weighted by molar-refractivity contribution is 5.91. The maximum atomic E-state index is 2.53. The minimum absolute atomic E-state index is 0.205. The summed E-state index contributed by atoms with van der Waals surface area (Å²) in [7, 11) is 0. The molecule has 7 rings (SSSR count). The van der Waals surface area contributed by atoms with E-state index in [1.54, 1.807) is 0 Å². The number of benzene rings is 6. The van der Waals surface area contributed by atoms with Crippen LogP contribution >= 0.6 is 0 Å². The number of rotatable bonds is 4. The lowest BCUT2D eigenvalue weighted by Gasteiger charge is -2.45. The molecule has 1 aliphatic carbocycles. The molecule has 0 heteroatoms. The summed E-state index contributed by atoms with van der Waals surface area (Å²) in [5.41, 5.74) is 20.9. The second-order valence-corrected chi connectivity index (χ2v) is 14.4. The standard InChI is InChI=1S/C46H44/c1-29-17-9-13-21-33(29)37-25-41-42(26-38(37)34-22-14-10-18-30(34)2)46(7,8)44-28-40(36-24-16-12-20-32(36)4)39(27-43(44)45(41,5)6)35-23-15-11-19-31(35)3/h9-28H,1-8H3. The van der Waals surface area contributed by atoms with Crippen molar-refractivity contribution >= 4 is 0 Å². The van der Waals surface area contributed by atoms with E-state index < -0.39 is 0 Å². The van der Waals surface area contributed by atoms with Crippen LogP contribution in [0.5, 0.6) is 0 Å². The molecule has 0 aromatic heterocycles. The summed E-state index contributed by atoms with van der Waals surface area (Å²) >= 11 is 0. The minimum atomic E-state index is -0.205. The molecule has 46 heavy (non-hydrogen) atoms. The molecular formula is C46H44. The molecule has 0 N–H and O–H groups in total. The van der Waals surface area contributed by atoms with Crippen LogP contribution in [0.3, 0.4) is 0 Å². The van der Waals surface area contributed by atoms with Gasteiger partial charge in [-0.25, -0.2) is 0 Å². The third-order valence-electron chi connectivity index (χ3n) is 10.7. The Hall–Kier alpha value is -4.68. The molecule has 1 aliphatic rings. The summed E-state index contributed by atoms with van der Waals surface area (Å²) in [5.74, 6) is 0. The fraction of sp³-hybridized carbons (Fsp3) is 0.217. The molecule has 228 valence electrons. The summed E-state index contributed by atoms with van der Waals surface area (Å²) in [6.45, 7) is 18.7. The average Bonchev–Trinajstić information content (AvgIpc) is 3.04. The van der Waals surface area contributed by atoms with Crippen molar-refractivity contribution in [1.82, 2.24) is 0 Å². The average molecular weight is 597 g/mol. The highest BCUT2D eigenvalue weighted by Gasteiger charge is 2.43. The van der Waals surface area contributed by atoms with Gasteiger partial charge in [0.15, 0.2) is 0 Å². The summed E-state index contributed by atoms with van der Waals surface area (Å²) in [4.78, 5) is 0. The molecule has 0 amide bonds. The van der Waals surface area contributed by atoms with Gasteiger partial charge in [-0.2, -0.15) is 0 Å². The summed E-state index contributed by atoms with van der Waals surface area (Å²) < 4.78 is 0. The van der Waals surface area contributed by atoms with Gasteiger partial charge in [-0.05, 0) is 141 Å². The van der Waals surface area contributed by atoms with Crippen LogP contribution in [0.1, 0.15) is 72.2 Å². The van der Waals surface area contributed by atoms with Gasteiger partial charge in [-0.3, -0.25) is 0 Å². The normalized spacial score (nSPS) is 14.4. The first kappa shape index (κ1) is 30.0. The van der Waals surface area contributed by atoms with E-state index in [2.05, 4.69) is 177 Å². The summed E-state index contributed by atoms with van der Waals surface area (Å²) in [6, 6.07) is 45.5. The van der Waals surface area contributed by atoms with Crippen LogP contribution in [0, 0.1) is 27.7 Å². The molecule has 0 radical (unpaired) electrons. The van der Waals surface area contributed by atoms with Crippen LogP contribution in [0.2, 0.25) is 0 Å². The number of hydrogen-bond donors (Lipinski definition) is 0. The van der Waals surface area contributed by atoms with Crippen LogP contribution in [0.15, 0.2) is 121 Å². The van der Waals surface area contributed by atoms with E-state index in [4.69, 9.17) is 0 Å². The quantitative estimate of drug-likeness (QED) is 0.190. The van der Waals surface area contributed by atoms with E-state index in [0.29, 0.717) is 0 Å². The predicted octanol–water partition coefficient (Wildman–Crippen LogP) is 12.6. The lowest BCUT2D eigenvalue weighted by Crippen LogP contribution is -2.37. The van der Waals surface area contributed by atoms with Crippen LogP contribution in [-0.2, 0) is 10.8 Å². The first-order valence-electron chi connectivity index (χ1n) is 16.6. The molecule has 0 atom stereocenters. The van der Waals surface area contributed by atoms with E-state index in [1.165, 1.54) is 89.0 Å². The third-order valence-corrected chi connectivity index (χ3v) is 10.7. The van der Waals surface area contributed by atoms with Gasteiger partial charge in [0.05, 0.1) is 0 Å². The SMILES string of the molecule is Cc1ccccc1-c1cc2c(cc1-c1ccccc1C)C(C)(C)c1cc(-c3ccccc3C)c(-c3ccccc3C)cc1C2(C)C. The van der Waals surface area contributed by atoms with Crippen LogP contribution in [0.25, 0.3) is 44.5 Å². The molecule has 0 saturated carbocycles. The lowest BCUT2D eigenvalue weighted by molar-refractivity contribution is 0.521. The van der Waals surface area contributed by atoms with Crippen LogP contribution in [0.4, 0.5) is 0 Å². The Kier molecular flexibility index (Phi) is 7.17. The van der Waals surface area contributed by atoms with E-state index in [9.17, 15) is 0 Å². The Morgan fingerprint density at radius 2 is 0.478 bits per heavy atom. The maximum absolute atomic E-state index is 2.53. The van der Waals surface area contributed by atoms with Gasteiger partial charge in [0.25, 0.3) is 0 Å². The van der Waals surface area contributed by atoms with E-state index >= 15 is 0 Å². The van der Waals surface area contributed by atoms with Crippen molar-refractivity contribution < 1.29 is 0 Å². The molecular weight excluding hydrogens is 553 g/mol. The minimum Gasteiger partial charge on any atom is -0.0620 e. The lowest BCUT2D eigenvalue weighted by atomic mass is 9.58. The van der Waals surface area contributed by atoms with E-state index in [-0.39, 0.29) is 10.8 Å². The number of aryl methyl sites for hydroxylation is 4. The van der Waals surface area contributed by atoms with Gasteiger partial charge >= 0.3 is 0 Å².